The van der Waals surface area contributed by atoms with Crippen LogP contribution in [0.15, 0.2) is 47.9 Å². The minimum atomic E-state index is -5.28. The summed E-state index contributed by atoms with van der Waals surface area (Å²) in [5.41, 5.74) is 0.863. The quantitative estimate of drug-likeness (QED) is 0.0667. The summed E-state index contributed by atoms with van der Waals surface area (Å²) in [6, 6.07) is 2.95. The number of carbonyl (C=O) groups is 4. The fraction of sp³-hybridized carbons (Fsp3) is 0.578. The fourth-order valence-electron chi connectivity index (χ4n) is 7.93. The van der Waals surface area contributed by atoms with Crippen LogP contribution in [0, 0.1) is 18.3 Å². The molecule has 16 nitrogen and oxygen atoms in total. The Hall–Kier alpha value is -5.15. The lowest BCUT2D eigenvalue weighted by Gasteiger charge is -2.35. The van der Waals surface area contributed by atoms with Crippen LogP contribution in [0.25, 0.3) is 11.3 Å². The zero-order valence-corrected chi connectivity index (χ0v) is 40.4. The lowest BCUT2D eigenvalue weighted by Crippen LogP contribution is -2.60. The summed E-state index contributed by atoms with van der Waals surface area (Å²) in [5.74, 6) is -2.80. The van der Waals surface area contributed by atoms with Crippen molar-refractivity contribution in [1.29, 1.82) is 0 Å². The molecular weight excluding hydrogens is 906 g/mol. The third-order valence-electron chi connectivity index (χ3n) is 11.4. The van der Waals surface area contributed by atoms with Crippen molar-refractivity contribution in [2.45, 2.75) is 136 Å². The lowest BCUT2D eigenvalue weighted by molar-refractivity contribution is -0.153. The molecular formula is C45H61F3N6O10S2. The number of hydrogen-bond donors (Lipinski definition) is 4. The normalized spacial score (nSPS) is 21.7. The number of nitrogens with zero attached hydrogens (tertiary/aromatic N) is 2. The van der Waals surface area contributed by atoms with Crippen molar-refractivity contribution in [1.82, 2.24) is 25.2 Å². The predicted octanol–water partition coefficient (Wildman–Crippen LogP) is 7.19. The van der Waals surface area contributed by atoms with Crippen LogP contribution in [0.3, 0.4) is 0 Å². The van der Waals surface area contributed by atoms with E-state index in [4.69, 9.17) is 19.2 Å². The molecule has 0 spiro atoms. The Morgan fingerprint density at radius 1 is 1.08 bits per heavy atom. The van der Waals surface area contributed by atoms with Crippen molar-refractivity contribution in [3.05, 3.63) is 64.7 Å². The van der Waals surface area contributed by atoms with E-state index >= 15 is 0 Å². The topological polar surface area (TPSA) is 204 Å². The highest BCUT2D eigenvalue weighted by Crippen LogP contribution is 2.45. The number of benzene rings is 1. The van der Waals surface area contributed by atoms with E-state index in [9.17, 15) is 40.8 Å². The molecule has 2 saturated carbocycles. The molecule has 66 heavy (non-hydrogen) atoms. The van der Waals surface area contributed by atoms with Gasteiger partial charge in [0.25, 0.3) is 5.91 Å². The highest BCUT2D eigenvalue weighted by Gasteiger charge is 2.62. The maximum atomic E-state index is 14.9. The van der Waals surface area contributed by atoms with Gasteiger partial charge in [0.15, 0.2) is 11.7 Å². The Morgan fingerprint density at radius 2 is 1.76 bits per heavy atom. The van der Waals surface area contributed by atoms with Gasteiger partial charge in [-0.25, -0.2) is 18.7 Å². The molecule has 1 saturated heterocycles. The number of hydrogen-bond acceptors (Lipinski definition) is 13. The van der Waals surface area contributed by atoms with Crippen LogP contribution in [-0.4, -0.2) is 104 Å². The number of alkyl halides is 3. The number of rotatable bonds is 18. The van der Waals surface area contributed by atoms with Crippen LogP contribution in [0.2, 0.25) is 0 Å². The van der Waals surface area contributed by atoms with Gasteiger partial charge in [-0.3, -0.25) is 14.4 Å². The monoisotopic (exact) mass is 966 g/mol. The number of methoxy groups -OCH3 is 1. The lowest BCUT2D eigenvalue weighted by atomic mass is 9.85. The molecule has 1 aliphatic heterocycles. The summed E-state index contributed by atoms with van der Waals surface area (Å²) in [5, 5.41) is 11.3. The minimum absolute atomic E-state index is 0.136. The molecule has 5 atom stereocenters. The summed E-state index contributed by atoms with van der Waals surface area (Å²) < 4.78 is 86.9. The Labute approximate surface area is 388 Å². The number of carbonyl (C=O) groups excluding carboxylic acids is 4. The molecule has 364 valence electrons. The number of thiazole rings is 1. The molecule has 5 rings (SSSR count). The molecule has 2 aromatic rings. The van der Waals surface area contributed by atoms with Gasteiger partial charge in [0.05, 0.1) is 19.3 Å². The first-order valence-electron chi connectivity index (χ1n) is 21.7. The van der Waals surface area contributed by atoms with Crippen LogP contribution in [0.5, 0.6) is 5.75 Å². The van der Waals surface area contributed by atoms with Crippen LogP contribution >= 0.6 is 11.3 Å². The summed E-state index contributed by atoms with van der Waals surface area (Å²) in [6.07, 6.45) is -1.07. The number of allylic oxidation sites excluding steroid dienone is 3. The van der Waals surface area contributed by atoms with E-state index < -0.39 is 82.0 Å². The number of halogens is 3. The zero-order chi connectivity index (χ0) is 48.9. The highest BCUT2D eigenvalue weighted by molar-refractivity contribution is 7.85. The van der Waals surface area contributed by atoms with E-state index in [1.807, 2.05) is 58.2 Å². The van der Waals surface area contributed by atoms with E-state index in [0.717, 1.165) is 34.7 Å². The predicted molar refractivity (Wildman–Crippen MR) is 243 cm³/mol. The molecule has 3 aliphatic rings. The van der Waals surface area contributed by atoms with Crippen molar-refractivity contribution >= 4 is 61.9 Å². The molecule has 0 radical (unpaired) electrons. The van der Waals surface area contributed by atoms with Gasteiger partial charge >= 0.3 is 22.6 Å². The summed E-state index contributed by atoms with van der Waals surface area (Å²) in [4.78, 5) is 62.5. The van der Waals surface area contributed by atoms with E-state index in [-0.39, 0.29) is 31.5 Å². The van der Waals surface area contributed by atoms with Crippen molar-refractivity contribution in [3.8, 4) is 5.75 Å². The number of alkyl carbamates (subject to hydrolysis) is 1. The highest BCUT2D eigenvalue weighted by atomic mass is 32.2. The van der Waals surface area contributed by atoms with Gasteiger partial charge in [-0.1, -0.05) is 32.4 Å². The van der Waals surface area contributed by atoms with Crippen molar-refractivity contribution < 1.29 is 59.2 Å². The average Bonchev–Trinajstić information content (AvgIpc) is 3.62. The minimum Gasteiger partial charge on any atom is -0.497 e. The number of aromatic nitrogens is 1. The molecule has 1 aromatic carbocycles. The Morgan fingerprint density at radius 3 is 2.32 bits per heavy atom. The second-order valence-corrected chi connectivity index (χ2v) is 20.7. The van der Waals surface area contributed by atoms with Crippen LogP contribution < -0.4 is 25.4 Å². The SMILES string of the molecule is C=C[C@@H]1C[C@]1(NC(=O)C1C[C@@H](O/C(=C/C(=C(C)C)c2csc(NC(C)C)n2)c2ccc(OC)cc2C)CN1C(=O)[C@@H](NC(=O)OC1CCCC1)C(C)(C)C)C(=O)NS(=O)(=O)OCC(F)(F)F. The third-order valence-corrected chi connectivity index (χ3v) is 13.1. The van der Waals surface area contributed by atoms with E-state index in [1.54, 1.807) is 33.9 Å². The molecule has 1 unspecified atom stereocenters. The van der Waals surface area contributed by atoms with Gasteiger partial charge in [0.2, 0.25) is 11.8 Å². The Bertz CT molecular complexity index is 2320. The smallest absolute Gasteiger partial charge is 0.413 e. The number of amides is 4. The van der Waals surface area contributed by atoms with E-state index in [2.05, 4.69) is 26.7 Å². The maximum absolute atomic E-state index is 14.9. The van der Waals surface area contributed by atoms with Crippen molar-refractivity contribution in [2.75, 3.05) is 25.6 Å². The second-order valence-electron chi connectivity index (χ2n) is 18.4. The standard InChI is InChI=1S/C45H61F3N6O10S2/c1-11-28-21-44(28,40(57)53-66(59,60)62-24-45(46,47)48)52-38(55)35-19-31(22-54(35)39(56)37(43(7,8)9)51-42(58)64-29-14-12-13-15-29)63-36(32-17-16-30(61-10)18-27(32)6)20-33(25(2)3)34-23-65-41(50-34)49-26(4)5/h11,16-18,20,23,26,28-29,31,35,37H,1,12-15,19,21-22,24H2,2-10H3,(H,49,50)(H,51,58)(H,52,55)(H,53,57)/b36-20+/t28-,31-,35?,37-,44-/m1/s1. The van der Waals surface area contributed by atoms with Crippen LogP contribution in [0.1, 0.15) is 104 Å². The second kappa shape index (κ2) is 20.8. The van der Waals surface area contributed by atoms with E-state index in [1.165, 1.54) is 27.0 Å². The molecule has 4 amide bonds. The largest absolute Gasteiger partial charge is 0.497 e. The first kappa shape index (κ1) is 51.8. The molecule has 1 aromatic heterocycles. The first-order chi connectivity index (χ1) is 30.8. The molecule has 2 heterocycles. The van der Waals surface area contributed by atoms with Gasteiger partial charge in [-0.05, 0) is 102 Å². The Balaban J connectivity index is 1.54. The average molecular weight is 967 g/mol. The molecule has 21 heteroatoms. The van der Waals surface area contributed by atoms with Crippen LogP contribution in [0.4, 0.5) is 23.1 Å². The summed E-state index contributed by atoms with van der Waals surface area (Å²) in [7, 11) is -3.73. The fourth-order valence-corrected chi connectivity index (χ4v) is 9.54. The maximum Gasteiger partial charge on any atom is 0.413 e. The molecule has 2 aliphatic carbocycles. The van der Waals surface area contributed by atoms with Crippen molar-refractivity contribution in [2.24, 2.45) is 11.3 Å². The van der Waals surface area contributed by atoms with Gasteiger partial charge in [0.1, 0.15) is 41.3 Å². The van der Waals surface area contributed by atoms with Gasteiger partial charge in [0, 0.05) is 34.9 Å². The number of likely N-dealkylation sites (tertiary alicyclic amines) is 1. The molecule has 4 N–H and O–H groups in total. The third kappa shape index (κ3) is 13.3. The van der Waals surface area contributed by atoms with Gasteiger partial charge in [-0.15, -0.1) is 17.9 Å². The van der Waals surface area contributed by atoms with Crippen molar-refractivity contribution in [3.63, 3.8) is 0 Å². The first-order valence-corrected chi connectivity index (χ1v) is 24.0. The van der Waals surface area contributed by atoms with Crippen LogP contribution in [-0.2, 0) is 38.3 Å². The number of aryl methyl sites for hydroxylation is 1. The summed E-state index contributed by atoms with van der Waals surface area (Å²) in [6.45, 7) is 16.2. The van der Waals surface area contributed by atoms with Gasteiger partial charge < -0.3 is 35.1 Å². The zero-order valence-electron chi connectivity index (χ0n) is 38.7. The number of ether oxygens (including phenoxy) is 3. The summed E-state index contributed by atoms with van der Waals surface area (Å²) >= 11 is 1.44. The van der Waals surface area contributed by atoms with Gasteiger partial charge in [-0.2, -0.15) is 21.6 Å². The number of nitrogens with one attached hydrogen (secondary N) is 4. The van der Waals surface area contributed by atoms with E-state index in [0.29, 0.717) is 35.6 Å². The number of anilines is 1. The Kier molecular flexibility index (Phi) is 16.3. The molecule has 3 fully saturated rings. The molecule has 0 bridgehead atoms.